The quantitative estimate of drug-likeness (QED) is 0.321. The zero-order valence-electron chi connectivity index (χ0n) is 16.9. The van der Waals surface area contributed by atoms with Crippen LogP contribution in [0.4, 0.5) is 5.00 Å². The van der Waals surface area contributed by atoms with Crippen LogP contribution in [0.2, 0.25) is 5.02 Å². The second kappa shape index (κ2) is 9.33. The lowest BCUT2D eigenvalue weighted by molar-refractivity contribution is 0.0508. The summed E-state index contributed by atoms with van der Waals surface area (Å²) >= 11 is 7.23. The van der Waals surface area contributed by atoms with Crippen LogP contribution in [0.3, 0.4) is 0 Å². The minimum atomic E-state index is -0.447. The smallest absolute Gasteiger partial charge is 0.341 e. The number of ether oxygens (including phenoxy) is 1. The first-order valence-corrected chi connectivity index (χ1v) is 11.2. The molecule has 0 saturated carbocycles. The number of thiophene rings is 1. The van der Waals surface area contributed by atoms with E-state index in [0.29, 0.717) is 34.2 Å². The van der Waals surface area contributed by atoms with Crippen molar-refractivity contribution in [1.82, 2.24) is 0 Å². The van der Waals surface area contributed by atoms with Gasteiger partial charge in [-0.05, 0) is 47.0 Å². The van der Waals surface area contributed by atoms with Gasteiger partial charge >= 0.3 is 5.97 Å². The Labute approximate surface area is 189 Å². The molecular weight excluding hydrogens is 430 g/mol. The largest absolute Gasteiger partial charge is 0.462 e. The first kappa shape index (κ1) is 21.1. The van der Waals surface area contributed by atoms with Crippen molar-refractivity contribution in [2.75, 3.05) is 11.9 Å². The van der Waals surface area contributed by atoms with Crippen LogP contribution in [0.15, 0.2) is 72.1 Å². The molecule has 1 amide bonds. The van der Waals surface area contributed by atoms with Crippen LogP contribution < -0.4 is 5.32 Å². The molecule has 0 saturated heterocycles. The van der Waals surface area contributed by atoms with E-state index in [2.05, 4.69) is 5.32 Å². The summed E-state index contributed by atoms with van der Waals surface area (Å²) in [6, 6.07) is 20.6. The van der Waals surface area contributed by atoms with Crippen molar-refractivity contribution >= 4 is 50.6 Å². The summed E-state index contributed by atoms with van der Waals surface area (Å²) in [5, 5.41) is 7.89. The Morgan fingerprint density at radius 2 is 1.71 bits per heavy atom. The topological polar surface area (TPSA) is 55.4 Å². The molecule has 1 aromatic heterocycles. The Balaban J connectivity index is 1.77. The van der Waals surface area contributed by atoms with E-state index >= 15 is 0 Å². The normalized spacial score (nSPS) is 10.8. The van der Waals surface area contributed by atoms with Crippen LogP contribution in [0.1, 0.15) is 34.1 Å². The second-order valence-electron chi connectivity index (χ2n) is 6.98. The summed E-state index contributed by atoms with van der Waals surface area (Å²) in [4.78, 5) is 25.8. The van der Waals surface area contributed by atoms with Gasteiger partial charge in [0.15, 0.2) is 0 Å². The molecule has 1 heterocycles. The molecule has 1 N–H and O–H groups in total. The van der Waals surface area contributed by atoms with E-state index in [0.717, 1.165) is 21.9 Å². The number of esters is 1. The van der Waals surface area contributed by atoms with E-state index < -0.39 is 5.97 Å². The molecule has 31 heavy (non-hydrogen) atoms. The van der Waals surface area contributed by atoms with Gasteiger partial charge in [0.2, 0.25) is 0 Å². The number of benzene rings is 3. The van der Waals surface area contributed by atoms with Gasteiger partial charge in [0.1, 0.15) is 10.6 Å². The summed E-state index contributed by atoms with van der Waals surface area (Å²) in [6.45, 7) is 2.25. The van der Waals surface area contributed by atoms with Crippen LogP contribution >= 0.6 is 22.9 Å². The minimum Gasteiger partial charge on any atom is -0.462 e. The highest BCUT2D eigenvalue weighted by Crippen LogP contribution is 2.39. The zero-order valence-corrected chi connectivity index (χ0v) is 18.4. The van der Waals surface area contributed by atoms with Crippen LogP contribution in [0, 0.1) is 0 Å². The fourth-order valence-corrected chi connectivity index (χ4v) is 4.42. The Bertz CT molecular complexity index is 1240. The summed E-state index contributed by atoms with van der Waals surface area (Å²) in [5.41, 5.74) is 2.49. The number of halogens is 1. The summed E-state index contributed by atoms with van der Waals surface area (Å²) in [5.74, 6) is -0.759. The molecule has 0 radical (unpaired) electrons. The monoisotopic (exact) mass is 449 g/mol. The number of hydrogen-bond donors (Lipinski definition) is 1. The number of fused-ring (bicyclic) bond motifs is 1. The SMILES string of the molecule is CCCOC(=O)c1c(-c2cccc3ccccc23)csc1NC(=O)c1ccc(Cl)cc1. The average Bonchev–Trinajstić information content (AvgIpc) is 3.20. The highest BCUT2D eigenvalue weighted by molar-refractivity contribution is 7.15. The van der Waals surface area contributed by atoms with Crippen molar-refractivity contribution in [3.05, 3.63) is 88.3 Å². The van der Waals surface area contributed by atoms with Crippen LogP contribution in [-0.4, -0.2) is 18.5 Å². The predicted molar refractivity (Wildman–Crippen MR) is 127 cm³/mol. The van der Waals surface area contributed by atoms with Gasteiger partial charge in [-0.1, -0.05) is 61.0 Å². The molecule has 6 heteroatoms. The standard InChI is InChI=1S/C25H20ClNO3S/c1-2-14-30-25(29)22-21(20-9-5-7-16-6-3-4-8-19(16)20)15-31-24(22)27-23(28)17-10-12-18(26)13-11-17/h3-13,15H,2,14H2,1H3,(H,27,28). The molecule has 156 valence electrons. The summed E-state index contributed by atoms with van der Waals surface area (Å²) < 4.78 is 5.45. The third kappa shape index (κ3) is 4.48. The number of hydrogen-bond acceptors (Lipinski definition) is 4. The maximum atomic E-state index is 13.0. The van der Waals surface area contributed by atoms with Crippen molar-refractivity contribution in [2.24, 2.45) is 0 Å². The number of carbonyl (C=O) groups excluding carboxylic acids is 2. The predicted octanol–water partition coefficient (Wildman–Crippen LogP) is 7.04. The van der Waals surface area contributed by atoms with Gasteiger partial charge in [0.05, 0.1) is 6.61 Å². The van der Waals surface area contributed by atoms with Crippen molar-refractivity contribution in [2.45, 2.75) is 13.3 Å². The zero-order chi connectivity index (χ0) is 21.8. The third-order valence-corrected chi connectivity index (χ3v) is 5.99. The van der Waals surface area contributed by atoms with E-state index in [1.165, 1.54) is 11.3 Å². The van der Waals surface area contributed by atoms with Gasteiger partial charge in [0, 0.05) is 21.5 Å². The van der Waals surface area contributed by atoms with Crippen molar-refractivity contribution < 1.29 is 14.3 Å². The Hall–Kier alpha value is -3.15. The molecule has 0 unspecified atom stereocenters. The molecule has 0 fully saturated rings. The molecule has 4 aromatic rings. The number of anilines is 1. The van der Waals surface area contributed by atoms with Crippen LogP contribution in [-0.2, 0) is 4.74 Å². The van der Waals surface area contributed by atoms with E-state index in [1.54, 1.807) is 24.3 Å². The second-order valence-corrected chi connectivity index (χ2v) is 8.29. The average molecular weight is 450 g/mol. The highest BCUT2D eigenvalue weighted by atomic mass is 35.5. The van der Waals surface area contributed by atoms with Crippen molar-refractivity contribution in [1.29, 1.82) is 0 Å². The summed E-state index contributed by atoms with van der Waals surface area (Å²) in [7, 11) is 0. The highest BCUT2D eigenvalue weighted by Gasteiger charge is 2.24. The maximum Gasteiger partial charge on any atom is 0.341 e. The summed E-state index contributed by atoms with van der Waals surface area (Å²) in [6.07, 6.45) is 0.714. The Morgan fingerprint density at radius 3 is 2.48 bits per heavy atom. The fourth-order valence-electron chi connectivity index (χ4n) is 3.35. The lowest BCUT2D eigenvalue weighted by Crippen LogP contribution is -2.15. The minimum absolute atomic E-state index is 0.312. The fraction of sp³-hybridized carbons (Fsp3) is 0.120. The van der Waals surface area contributed by atoms with Gasteiger partial charge in [0.25, 0.3) is 5.91 Å². The van der Waals surface area contributed by atoms with Crippen molar-refractivity contribution in [3.8, 4) is 11.1 Å². The Morgan fingerprint density at radius 1 is 0.968 bits per heavy atom. The number of amides is 1. The maximum absolute atomic E-state index is 13.0. The number of carbonyl (C=O) groups is 2. The van der Waals surface area contributed by atoms with Gasteiger partial charge in [-0.15, -0.1) is 11.3 Å². The Kier molecular flexibility index (Phi) is 6.35. The third-order valence-electron chi connectivity index (χ3n) is 4.85. The van der Waals surface area contributed by atoms with Gasteiger partial charge in [-0.2, -0.15) is 0 Å². The number of rotatable bonds is 6. The van der Waals surface area contributed by atoms with Crippen molar-refractivity contribution in [3.63, 3.8) is 0 Å². The molecule has 4 rings (SSSR count). The number of nitrogens with one attached hydrogen (secondary N) is 1. The van der Waals surface area contributed by atoms with E-state index in [-0.39, 0.29) is 5.91 Å². The van der Waals surface area contributed by atoms with Gasteiger partial charge < -0.3 is 10.1 Å². The molecule has 0 aliphatic carbocycles. The lowest BCUT2D eigenvalue weighted by atomic mass is 9.97. The van der Waals surface area contributed by atoms with Gasteiger partial charge in [-0.3, -0.25) is 4.79 Å². The molecule has 0 spiro atoms. The van der Waals surface area contributed by atoms with Crippen LogP contribution in [0.25, 0.3) is 21.9 Å². The lowest BCUT2D eigenvalue weighted by Gasteiger charge is -2.11. The molecule has 0 aliphatic rings. The molecule has 0 bridgehead atoms. The van der Waals surface area contributed by atoms with E-state index in [4.69, 9.17) is 16.3 Å². The van der Waals surface area contributed by atoms with E-state index in [9.17, 15) is 9.59 Å². The van der Waals surface area contributed by atoms with Gasteiger partial charge in [-0.25, -0.2) is 4.79 Å². The molecule has 4 nitrogen and oxygen atoms in total. The molecule has 0 aliphatic heterocycles. The molecular formula is C25H20ClNO3S. The first-order chi connectivity index (χ1) is 15.1. The first-order valence-electron chi connectivity index (χ1n) is 9.92. The van der Waals surface area contributed by atoms with Crippen LogP contribution in [0.5, 0.6) is 0 Å². The molecule has 0 atom stereocenters. The molecule has 3 aromatic carbocycles. The van der Waals surface area contributed by atoms with E-state index in [1.807, 2.05) is 54.8 Å².